The van der Waals surface area contributed by atoms with Crippen molar-refractivity contribution in [1.29, 1.82) is 0 Å². The molecular formula is C11H9NOS. The molecule has 0 aromatic carbocycles. The van der Waals surface area contributed by atoms with E-state index in [-0.39, 0.29) is 5.78 Å². The van der Waals surface area contributed by atoms with Crippen molar-refractivity contribution in [3.05, 3.63) is 41.5 Å². The number of aromatic nitrogens is 1. The minimum absolute atomic E-state index is 0.0518. The van der Waals surface area contributed by atoms with Gasteiger partial charge in [0.1, 0.15) is 0 Å². The number of hydrogen-bond donors (Lipinski definition) is 0. The van der Waals surface area contributed by atoms with Crippen molar-refractivity contribution in [3.8, 4) is 10.4 Å². The van der Waals surface area contributed by atoms with Crippen LogP contribution in [-0.2, 0) is 0 Å². The lowest BCUT2D eigenvalue weighted by atomic mass is 10.1. The van der Waals surface area contributed by atoms with Gasteiger partial charge < -0.3 is 0 Å². The zero-order valence-corrected chi connectivity index (χ0v) is 8.54. The van der Waals surface area contributed by atoms with Crippen molar-refractivity contribution in [3.63, 3.8) is 0 Å². The van der Waals surface area contributed by atoms with Crippen molar-refractivity contribution >= 4 is 17.1 Å². The van der Waals surface area contributed by atoms with Crippen LogP contribution in [0.2, 0.25) is 0 Å². The van der Waals surface area contributed by atoms with Crippen LogP contribution in [-0.4, -0.2) is 10.8 Å². The number of thiophene rings is 1. The lowest BCUT2D eigenvalue weighted by molar-refractivity contribution is 0.101. The van der Waals surface area contributed by atoms with E-state index in [0.29, 0.717) is 5.56 Å². The molecule has 0 aliphatic rings. The van der Waals surface area contributed by atoms with Gasteiger partial charge in [-0.15, -0.1) is 11.3 Å². The largest absolute Gasteiger partial charge is 0.294 e. The van der Waals surface area contributed by atoms with E-state index in [9.17, 15) is 4.79 Å². The molecule has 0 bridgehead atoms. The molecule has 2 rings (SSSR count). The predicted octanol–water partition coefficient (Wildman–Crippen LogP) is 3.01. The fraction of sp³-hybridized carbons (Fsp3) is 0.0909. The molecule has 14 heavy (non-hydrogen) atoms. The second kappa shape index (κ2) is 3.72. The first-order valence-corrected chi connectivity index (χ1v) is 5.15. The molecule has 0 saturated carbocycles. The molecule has 0 saturated heterocycles. The fourth-order valence-corrected chi connectivity index (χ4v) is 1.92. The topological polar surface area (TPSA) is 30.0 Å². The minimum atomic E-state index is 0.0518. The van der Waals surface area contributed by atoms with Gasteiger partial charge in [-0.05, 0) is 24.4 Å². The van der Waals surface area contributed by atoms with E-state index in [1.807, 2.05) is 23.6 Å². The summed E-state index contributed by atoms with van der Waals surface area (Å²) in [6.07, 6.45) is 3.37. The maximum atomic E-state index is 11.1. The molecule has 3 heteroatoms. The van der Waals surface area contributed by atoms with Crippen LogP contribution in [0.5, 0.6) is 0 Å². The van der Waals surface area contributed by atoms with Crippen LogP contribution in [0.4, 0.5) is 0 Å². The molecule has 2 aromatic heterocycles. The fourth-order valence-electron chi connectivity index (χ4n) is 1.21. The second-order valence-corrected chi connectivity index (χ2v) is 3.94. The lowest BCUT2D eigenvalue weighted by Gasteiger charge is -1.98. The van der Waals surface area contributed by atoms with Crippen molar-refractivity contribution in [2.75, 3.05) is 0 Å². The third kappa shape index (κ3) is 1.72. The summed E-state index contributed by atoms with van der Waals surface area (Å²) in [4.78, 5) is 16.3. The summed E-state index contributed by atoms with van der Waals surface area (Å²) in [5, 5.41) is 2.01. The Labute approximate surface area is 86.2 Å². The van der Waals surface area contributed by atoms with Crippen LogP contribution in [0, 0.1) is 0 Å². The Balaban J connectivity index is 2.46. The van der Waals surface area contributed by atoms with Gasteiger partial charge in [0.2, 0.25) is 0 Å². The molecule has 0 amide bonds. The average molecular weight is 203 g/mol. The first-order chi connectivity index (χ1) is 6.77. The Hall–Kier alpha value is -1.48. The van der Waals surface area contributed by atoms with E-state index in [2.05, 4.69) is 4.98 Å². The highest BCUT2D eigenvalue weighted by Crippen LogP contribution is 2.24. The number of rotatable bonds is 2. The van der Waals surface area contributed by atoms with Gasteiger partial charge >= 0.3 is 0 Å². The van der Waals surface area contributed by atoms with Gasteiger partial charge in [-0.1, -0.05) is 6.07 Å². The highest BCUT2D eigenvalue weighted by Gasteiger charge is 2.03. The molecule has 0 spiro atoms. The Morgan fingerprint density at radius 3 is 2.93 bits per heavy atom. The highest BCUT2D eigenvalue weighted by atomic mass is 32.1. The number of carbonyl (C=O) groups excluding carboxylic acids is 1. The normalized spacial score (nSPS) is 10.1. The second-order valence-electron chi connectivity index (χ2n) is 3.00. The van der Waals surface area contributed by atoms with Crippen LogP contribution in [0.25, 0.3) is 10.4 Å². The molecule has 2 nitrogen and oxygen atoms in total. The quantitative estimate of drug-likeness (QED) is 0.702. The summed E-state index contributed by atoms with van der Waals surface area (Å²) in [7, 11) is 0. The molecular weight excluding hydrogens is 194 g/mol. The molecule has 0 fully saturated rings. The SMILES string of the molecule is CC(=O)c1cncc(-c2cccs2)c1. The molecule has 0 radical (unpaired) electrons. The lowest BCUT2D eigenvalue weighted by Crippen LogP contribution is -1.92. The van der Waals surface area contributed by atoms with Gasteiger partial charge in [0.05, 0.1) is 0 Å². The van der Waals surface area contributed by atoms with E-state index in [4.69, 9.17) is 0 Å². The molecule has 70 valence electrons. The smallest absolute Gasteiger partial charge is 0.161 e. The number of pyridine rings is 1. The minimum Gasteiger partial charge on any atom is -0.294 e. The molecule has 0 unspecified atom stereocenters. The predicted molar refractivity (Wildman–Crippen MR) is 57.6 cm³/mol. The summed E-state index contributed by atoms with van der Waals surface area (Å²) in [6, 6.07) is 5.88. The molecule has 0 N–H and O–H groups in total. The molecule has 2 aromatic rings. The van der Waals surface area contributed by atoms with E-state index < -0.39 is 0 Å². The van der Waals surface area contributed by atoms with Crippen LogP contribution < -0.4 is 0 Å². The third-order valence-corrected chi connectivity index (χ3v) is 2.87. The van der Waals surface area contributed by atoms with Crippen molar-refractivity contribution in [2.24, 2.45) is 0 Å². The van der Waals surface area contributed by atoms with Crippen molar-refractivity contribution < 1.29 is 4.79 Å². The number of ketones is 1. The Kier molecular flexibility index (Phi) is 2.41. The molecule has 0 aliphatic carbocycles. The Morgan fingerprint density at radius 2 is 2.29 bits per heavy atom. The highest BCUT2D eigenvalue weighted by molar-refractivity contribution is 7.13. The van der Waals surface area contributed by atoms with E-state index in [1.54, 1.807) is 30.7 Å². The number of Topliss-reactive ketones (excluding diaryl/α,β-unsaturated/α-hetero) is 1. The summed E-state index contributed by atoms with van der Waals surface area (Å²) in [5.74, 6) is 0.0518. The molecule has 2 heterocycles. The van der Waals surface area contributed by atoms with E-state index >= 15 is 0 Å². The summed E-state index contributed by atoms with van der Waals surface area (Å²) in [6.45, 7) is 1.55. The van der Waals surface area contributed by atoms with E-state index in [0.717, 1.165) is 10.4 Å². The van der Waals surface area contributed by atoms with Crippen LogP contribution in [0.1, 0.15) is 17.3 Å². The summed E-state index contributed by atoms with van der Waals surface area (Å²) >= 11 is 1.65. The van der Waals surface area contributed by atoms with Gasteiger partial charge in [-0.3, -0.25) is 9.78 Å². The number of carbonyl (C=O) groups is 1. The first kappa shape index (κ1) is 9.09. The van der Waals surface area contributed by atoms with Gasteiger partial charge in [-0.2, -0.15) is 0 Å². The molecule has 0 atom stereocenters. The Morgan fingerprint density at radius 1 is 1.43 bits per heavy atom. The van der Waals surface area contributed by atoms with Gasteiger partial charge in [0.15, 0.2) is 5.78 Å². The van der Waals surface area contributed by atoms with Crippen molar-refractivity contribution in [1.82, 2.24) is 4.98 Å². The van der Waals surface area contributed by atoms with Gasteiger partial charge in [-0.25, -0.2) is 0 Å². The zero-order chi connectivity index (χ0) is 9.97. The Bertz CT molecular complexity index is 448. The number of hydrogen-bond acceptors (Lipinski definition) is 3. The zero-order valence-electron chi connectivity index (χ0n) is 7.73. The van der Waals surface area contributed by atoms with Crippen LogP contribution in [0.15, 0.2) is 36.0 Å². The first-order valence-electron chi connectivity index (χ1n) is 4.27. The maximum Gasteiger partial charge on any atom is 0.161 e. The average Bonchev–Trinajstić information content (AvgIpc) is 2.71. The monoisotopic (exact) mass is 203 g/mol. The van der Waals surface area contributed by atoms with E-state index in [1.165, 1.54) is 0 Å². The number of nitrogens with zero attached hydrogens (tertiary/aromatic N) is 1. The maximum absolute atomic E-state index is 11.1. The summed E-state index contributed by atoms with van der Waals surface area (Å²) < 4.78 is 0. The standard InChI is InChI=1S/C11H9NOS/c1-8(13)9-5-10(7-12-6-9)11-3-2-4-14-11/h2-7H,1H3. The van der Waals surface area contributed by atoms with Gasteiger partial charge in [0.25, 0.3) is 0 Å². The van der Waals surface area contributed by atoms with Crippen molar-refractivity contribution in [2.45, 2.75) is 6.92 Å². The van der Waals surface area contributed by atoms with Crippen LogP contribution in [0.3, 0.4) is 0 Å². The van der Waals surface area contributed by atoms with Crippen LogP contribution >= 0.6 is 11.3 Å². The summed E-state index contributed by atoms with van der Waals surface area (Å²) in [5.41, 5.74) is 1.67. The molecule has 0 aliphatic heterocycles. The third-order valence-electron chi connectivity index (χ3n) is 1.95. The van der Waals surface area contributed by atoms with Gasteiger partial charge in [0, 0.05) is 28.4 Å².